The van der Waals surface area contributed by atoms with Crippen LogP contribution in [0.2, 0.25) is 0 Å². The SMILES string of the molecule is COc1ccc(CNC(=O)c2ccccc2F)c(OC)c1. The highest BCUT2D eigenvalue weighted by atomic mass is 19.1. The van der Waals surface area contributed by atoms with E-state index >= 15 is 0 Å². The van der Waals surface area contributed by atoms with Crippen molar-refractivity contribution in [1.82, 2.24) is 5.32 Å². The number of amides is 1. The lowest BCUT2D eigenvalue weighted by molar-refractivity contribution is 0.0946. The largest absolute Gasteiger partial charge is 0.497 e. The average molecular weight is 289 g/mol. The number of carbonyl (C=O) groups excluding carboxylic acids is 1. The van der Waals surface area contributed by atoms with Crippen LogP contribution in [0.15, 0.2) is 42.5 Å². The summed E-state index contributed by atoms with van der Waals surface area (Å²) in [5.74, 6) is 0.252. The van der Waals surface area contributed by atoms with E-state index in [-0.39, 0.29) is 12.1 Å². The molecule has 0 radical (unpaired) electrons. The van der Waals surface area contributed by atoms with Gasteiger partial charge in [0.05, 0.1) is 19.8 Å². The number of benzene rings is 2. The van der Waals surface area contributed by atoms with Gasteiger partial charge < -0.3 is 14.8 Å². The number of halogens is 1. The quantitative estimate of drug-likeness (QED) is 0.920. The highest BCUT2D eigenvalue weighted by Crippen LogP contribution is 2.24. The summed E-state index contributed by atoms with van der Waals surface area (Å²) in [6, 6.07) is 11.1. The van der Waals surface area contributed by atoms with Gasteiger partial charge in [-0.05, 0) is 24.3 Å². The van der Waals surface area contributed by atoms with Gasteiger partial charge >= 0.3 is 0 Å². The molecule has 0 aromatic heterocycles. The molecule has 0 heterocycles. The summed E-state index contributed by atoms with van der Waals surface area (Å²) in [5, 5.41) is 2.67. The lowest BCUT2D eigenvalue weighted by Gasteiger charge is -2.11. The Labute approximate surface area is 122 Å². The predicted octanol–water partition coefficient (Wildman–Crippen LogP) is 2.77. The van der Waals surface area contributed by atoms with Crippen LogP contribution in [0.25, 0.3) is 0 Å². The third kappa shape index (κ3) is 3.51. The second-order valence-electron chi connectivity index (χ2n) is 4.34. The topological polar surface area (TPSA) is 47.6 Å². The molecule has 1 N–H and O–H groups in total. The van der Waals surface area contributed by atoms with E-state index in [4.69, 9.17) is 9.47 Å². The highest BCUT2D eigenvalue weighted by Gasteiger charge is 2.12. The first-order valence-corrected chi connectivity index (χ1v) is 6.39. The number of hydrogen-bond donors (Lipinski definition) is 1. The number of hydrogen-bond acceptors (Lipinski definition) is 3. The Morgan fingerprint density at radius 1 is 1.14 bits per heavy atom. The molecule has 110 valence electrons. The molecule has 0 bridgehead atoms. The fourth-order valence-corrected chi connectivity index (χ4v) is 1.91. The Morgan fingerprint density at radius 3 is 2.57 bits per heavy atom. The van der Waals surface area contributed by atoms with Crippen molar-refractivity contribution in [3.05, 3.63) is 59.4 Å². The van der Waals surface area contributed by atoms with Crippen LogP contribution < -0.4 is 14.8 Å². The lowest BCUT2D eigenvalue weighted by atomic mass is 10.1. The van der Waals surface area contributed by atoms with Gasteiger partial charge in [-0.15, -0.1) is 0 Å². The van der Waals surface area contributed by atoms with Gasteiger partial charge in [-0.25, -0.2) is 4.39 Å². The minimum absolute atomic E-state index is 0.0185. The molecule has 1 amide bonds. The molecule has 2 rings (SSSR count). The third-order valence-corrected chi connectivity index (χ3v) is 3.05. The summed E-state index contributed by atoms with van der Waals surface area (Å²) >= 11 is 0. The molecule has 0 aliphatic carbocycles. The first kappa shape index (κ1) is 14.8. The third-order valence-electron chi connectivity index (χ3n) is 3.05. The van der Waals surface area contributed by atoms with E-state index in [1.807, 2.05) is 0 Å². The first-order valence-electron chi connectivity index (χ1n) is 6.39. The molecule has 0 aliphatic rings. The molecule has 21 heavy (non-hydrogen) atoms. The zero-order chi connectivity index (χ0) is 15.2. The van der Waals surface area contributed by atoms with Crippen LogP contribution in [-0.4, -0.2) is 20.1 Å². The number of methoxy groups -OCH3 is 2. The summed E-state index contributed by atoms with van der Waals surface area (Å²) < 4.78 is 23.9. The first-order chi connectivity index (χ1) is 10.2. The fraction of sp³-hybridized carbons (Fsp3) is 0.188. The van der Waals surface area contributed by atoms with Gasteiger partial charge in [0.1, 0.15) is 17.3 Å². The van der Waals surface area contributed by atoms with Crippen molar-refractivity contribution in [2.45, 2.75) is 6.54 Å². The summed E-state index contributed by atoms with van der Waals surface area (Å²) in [5.41, 5.74) is 0.799. The summed E-state index contributed by atoms with van der Waals surface area (Å²) in [7, 11) is 3.10. The molecule has 2 aromatic carbocycles. The molecule has 0 saturated heterocycles. The minimum atomic E-state index is -0.545. The van der Waals surface area contributed by atoms with E-state index in [9.17, 15) is 9.18 Å². The van der Waals surface area contributed by atoms with Gasteiger partial charge in [0, 0.05) is 18.2 Å². The maximum Gasteiger partial charge on any atom is 0.254 e. The van der Waals surface area contributed by atoms with Crippen molar-refractivity contribution in [3.63, 3.8) is 0 Å². The van der Waals surface area contributed by atoms with Crippen molar-refractivity contribution >= 4 is 5.91 Å². The maximum atomic E-state index is 13.5. The van der Waals surface area contributed by atoms with Crippen LogP contribution in [-0.2, 0) is 6.54 Å². The molecule has 2 aromatic rings. The van der Waals surface area contributed by atoms with Gasteiger partial charge in [0.15, 0.2) is 0 Å². The standard InChI is InChI=1S/C16H16FNO3/c1-20-12-8-7-11(15(9-12)21-2)10-18-16(19)13-5-3-4-6-14(13)17/h3-9H,10H2,1-2H3,(H,18,19). The smallest absolute Gasteiger partial charge is 0.254 e. The molecule has 0 atom stereocenters. The number of nitrogens with one attached hydrogen (secondary N) is 1. The second-order valence-corrected chi connectivity index (χ2v) is 4.34. The highest BCUT2D eigenvalue weighted by molar-refractivity contribution is 5.94. The number of ether oxygens (including phenoxy) is 2. The van der Waals surface area contributed by atoms with E-state index in [1.54, 1.807) is 37.4 Å². The van der Waals surface area contributed by atoms with Crippen LogP contribution in [0.3, 0.4) is 0 Å². The van der Waals surface area contributed by atoms with Gasteiger partial charge in [-0.1, -0.05) is 12.1 Å². The van der Waals surface area contributed by atoms with Crippen LogP contribution in [0.1, 0.15) is 15.9 Å². The van der Waals surface area contributed by atoms with E-state index in [0.29, 0.717) is 11.5 Å². The summed E-state index contributed by atoms with van der Waals surface area (Å²) in [6.07, 6.45) is 0. The zero-order valence-corrected chi connectivity index (χ0v) is 11.9. The molecular weight excluding hydrogens is 273 g/mol. The van der Waals surface area contributed by atoms with Crippen LogP contribution in [0.5, 0.6) is 11.5 Å². The van der Waals surface area contributed by atoms with Crippen molar-refractivity contribution < 1.29 is 18.7 Å². The molecule has 0 fully saturated rings. The Kier molecular flexibility index (Phi) is 4.77. The molecule has 0 unspecified atom stereocenters. The molecule has 0 aliphatic heterocycles. The van der Waals surface area contributed by atoms with Crippen molar-refractivity contribution in [3.8, 4) is 11.5 Å². The number of rotatable bonds is 5. The van der Waals surface area contributed by atoms with E-state index in [1.165, 1.54) is 19.2 Å². The molecule has 4 nitrogen and oxygen atoms in total. The molecule has 0 spiro atoms. The summed E-state index contributed by atoms with van der Waals surface area (Å²) in [6.45, 7) is 0.236. The fourth-order valence-electron chi connectivity index (χ4n) is 1.91. The Balaban J connectivity index is 2.10. The van der Waals surface area contributed by atoms with Crippen molar-refractivity contribution in [2.75, 3.05) is 14.2 Å². The van der Waals surface area contributed by atoms with Gasteiger partial charge in [0.25, 0.3) is 5.91 Å². The maximum absolute atomic E-state index is 13.5. The zero-order valence-electron chi connectivity index (χ0n) is 11.9. The summed E-state index contributed by atoms with van der Waals surface area (Å²) in [4.78, 5) is 11.9. The molecular formula is C16H16FNO3. The Morgan fingerprint density at radius 2 is 1.90 bits per heavy atom. The lowest BCUT2D eigenvalue weighted by Crippen LogP contribution is -2.24. The minimum Gasteiger partial charge on any atom is -0.497 e. The van der Waals surface area contributed by atoms with E-state index in [0.717, 1.165) is 5.56 Å². The molecule has 0 saturated carbocycles. The van der Waals surface area contributed by atoms with Gasteiger partial charge in [-0.2, -0.15) is 0 Å². The van der Waals surface area contributed by atoms with Crippen molar-refractivity contribution in [1.29, 1.82) is 0 Å². The van der Waals surface area contributed by atoms with Gasteiger partial charge in [-0.3, -0.25) is 4.79 Å². The van der Waals surface area contributed by atoms with Crippen molar-refractivity contribution in [2.24, 2.45) is 0 Å². The van der Waals surface area contributed by atoms with E-state index in [2.05, 4.69) is 5.32 Å². The van der Waals surface area contributed by atoms with Crippen LogP contribution in [0.4, 0.5) is 4.39 Å². The van der Waals surface area contributed by atoms with Crippen LogP contribution in [0, 0.1) is 5.82 Å². The second kappa shape index (κ2) is 6.74. The normalized spacial score (nSPS) is 10.0. The Hall–Kier alpha value is -2.56. The Bertz CT molecular complexity index is 643. The monoisotopic (exact) mass is 289 g/mol. The van der Waals surface area contributed by atoms with Gasteiger partial charge in [0.2, 0.25) is 0 Å². The van der Waals surface area contributed by atoms with E-state index < -0.39 is 11.7 Å². The number of carbonyl (C=O) groups is 1. The predicted molar refractivity (Wildman–Crippen MR) is 77.1 cm³/mol. The molecule has 5 heteroatoms. The average Bonchev–Trinajstić information content (AvgIpc) is 2.52. The van der Waals surface area contributed by atoms with Crippen LogP contribution >= 0.6 is 0 Å².